The highest BCUT2D eigenvalue weighted by atomic mass is 16.3. The van der Waals surface area contributed by atoms with E-state index < -0.39 is 0 Å². The number of benzene rings is 1. The van der Waals surface area contributed by atoms with Crippen LogP contribution in [0.1, 0.15) is 5.69 Å². The summed E-state index contributed by atoms with van der Waals surface area (Å²) in [5.74, 6) is 2.91. The number of aryl methyl sites for hydroxylation is 1. The Morgan fingerprint density at radius 3 is 2.62 bits per heavy atom. The van der Waals surface area contributed by atoms with Crippen molar-refractivity contribution in [2.75, 3.05) is 44.4 Å². The third kappa shape index (κ3) is 4.38. The Labute approximate surface area is 169 Å². The van der Waals surface area contributed by atoms with Crippen molar-refractivity contribution in [3.63, 3.8) is 0 Å². The van der Waals surface area contributed by atoms with Crippen molar-refractivity contribution in [1.29, 1.82) is 0 Å². The number of H-pyrrole nitrogens is 1. The van der Waals surface area contributed by atoms with Crippen molar-refractivity contribution < 1.29 is 4.42 Å². The number of likely N-dealkylation sites (N-methyl/N-ethyl adjacent to an activating group) is 2. The van der Waals surface area contributed by atoms with Crippen LogP contribution in [-0.4, -0.2) is 59.3 Å². The Bertz CT molecular complexity index is 1120. The molecule has 0 bridgehead atoms. The Morgan fingerprint density at radius 2 is 1.86 bits per heavy atom. The predicted octanol–water partition coefficient (Wildman–Crippen LogP) is 3.66. The van der Waals surface area contributed by atoms with Gasteiger partial charge in [-0.05, 0) is 45.3 Å². The lowest BCUT2D eigenvalue weighted by atomic mass is 10.1. The van der Waals surface area contributed by atoms with E-state index in [1.807, 2.05) is 50.4 Å². The highest BCUT2D eigenvalue weighted by Crippen LogP contribution is 2.27. The van der Waals surface area contributed by atoms with E-state index in [4.69, 9.17) is 14.4 Å². The quantitative estimate of drug-likeness (QED) is 0.497. The molecule has 0 unspecified atom stereocenters. The number of fused-ring (bicyclic) bond motifs is 1. The average Bonchev–Trinajstić information content (AvgIpc) is 3.33. The van der Waals surface area contributed by atoms with Crippen molar-refractivity contribution in [2.24, 2.45) is 0 Å². The van der Waals surface area contributed by atoms with Gasteiger partial charge < -0.3 is 19.5 Å². The summed E-state index contributed by atoms with van der Waals surface area (Å²) >= 11 is 0. The van der Waals surface area contributed by atoms with Gasteiger partial charge in [-0.25, -0.2) is 9.97 Å². The summed E-state index contributed by atoms with van der Waals surface area (Å²) in [7, 11) is 6.16. The summed E-state index contributed by atoms with van der Waals surface area (Å²) in [4.78, 5) is 13.8. The zero-order chi connectivity index (χ0) is 20.4. The fourth-order valence-electron chi connectivity index (χ4n) is 3.01. The number of hydrogen-bond donors (Lipinski definition) is 2. The van der Waals surface area contributed by atoms with Crippen LogP contribution >= 0.6 is 0 Å². The highest BCUT2D eigenvalue weighted by molar-refractivity contribution is 5.82. The third-order valence-corrected chi connectivity index (χ3v) is 4.66. The summed E-state index contributed by atoms with van der Waals surface area (Å²) in [5, 5.41) is 11.5. The first-order chi connectivity index (χ1) is 14.0. The first-order valence-electron chi connectivity index (χ1n) is 9.49. The van der Waals surface area contributed by atoms with Gasteiger partial charge in [-0.3, -0.25) is 5.10 Å². The van der Waals surface area contributed by atoms with Gasteiger partial charge in [0.25, 0.3) is 0 Å². The Balaban J connectivity index is 1.71. The maximum Gasteiger partial charge on any atom is 0.163 e. The minimum atomic E-state index is 0.650. The van der Waals surface area contributed by atoms with Gasteiger partial charge in [-0.1, -0.05) is 0 Å². The molecule has 3 heterocycles. The Morgan fingerprint density at radius 1 is 1.00 bits per heavy atom. The van der Waals surface area contributed by atoms with Crippen LogP contribution < -0.4 is 10.2 Å². The maximum atomic E-state index is 5.45. The normalized spacial score (nSPS) is 11.3. The standard InChI is InChI=1S/C21H25N7O/c1-14-11-19(26-25-14)22-18-13-20(28(4)9-8-27(2)3)24-21(23-18)16-5-6-17-15(12-16)7-10-29-17/h5-7,10-13H,8-9H2,1-4H3,(H2,22,23,24,25,26). The van der Waals surface area contributed by atoms with Crippen molar-refractivity contribution in [2.45, 2.75) is 6.92 Å². The fourth-order valence-corrected chi connectivity index (χ4v) is 3.01. The minimum absolute atomic E-state index is 0.650. The van der Waals surface area contributed by atoms with Crippen molar-refractivity contribution in [3.8, 4) is 11.4 Å². The largest absolute Gasteiger partial charge is 0.464 e. The molecule has 8 nitrogen and oxygen atoms in total. The highest BCUT2D eigenvalue weighted by Gasteiger charge is 2.12. The van der Waals surface area contributed by atoms with Gasteiger partial charge in [-0.15, -0.1) is 0 Å². The monoisotopic (exact) mass is 391 g/mol. The van der Waals surface area contributed by atoms with Crippen LogP contribution in [0.25, 0.3) is 22.4 Å². The molecule has 0 aliphatic rings. The average molecular weight is 391 g/mol. The molecule has 0 aliphatic carbocycles. The van der Waals surface area contributed by atoms with E-state index in [9.17, 15) is 0 Å². The van der Waals surface area contributed by atoms with Gasteiger partial charge >= 0.3 is 0 Å². The lowest BCUT2D eigenvalue weighted by Gasteiger charge is -2.21. The lowest BCUT2D eigenvalue weighted by Crippen LogP contribution is -2.29. The number of nitrogens with zero attached hydrogens (tertiary/aromatic N) is 5. The van der Waals surface area contributed by atoms with Gasteiger partial charge in [0.15, 0.2) is 11.6 Å². The van der Waals surface area contributed by atoms with Crippen molar-refractivity contribution >= 4 is 28.4 Å². The molecule has 3 aromatic heterocycles. The van der Waals surface area contributed by atoms with E-state index in [-0.39, 0.29) is 0 Å². The summed E-state index contributed by atoms with van der Waals surface area (Å²) < 4.78 is 5.45. The van der Waals surface area contributed by atoms with E-state index in [0.717, 1.165) is 47.0 Å². The molecule has 4 aromatic rings. The molecule has 0 atom stereocenters. The van der Waals surface area contributed by atoms with Crippen LogP contribution in [0.4, 0.5) is 17.5 Å². The number of nitrogens with one attached hydrogen (secondary N) is 2. The molecule has 150 valence electrons. The van der Waals surface area contributed by atoms with E-state index in [2.05, 4.69) is 39.4 Å². The molecule has 4 rings (SSSR count). The van der Waals surface area contributed by atoms with E-state index in [1.165, 1.54) is 0 Å². The molecule has 8 heteroatoms. The molecule has 0 aliphatic heterocycles. The number of aromatic nitrogens is 4. The zero-order valence-electron chi connectivity index (χ0n) is 17.1. The molecule has 0 amide bonds. The summed E-state index contributed by atoms with van der Waals surface area (Å²) in [5.41, 5.74) is 2.76. The molecular formula is C21H25N7O. The smallest absolute Gasteiger partial charge is 0.163 e. The van der Waals surface area contributed by atoms with Gasteiger partial charge in [0.2, 0.25) is 0 Å². The lowest BCUT2D eigenvalue weighted by molar-refractivity contribution is 0.416. The predicted molar refractivity (Wildman–Crippen MR) is 116 cm³/mol. The molecule has 0 radical (unpaired) electrons. The van der Waals surface area contributed by atoms with E-state index >= 15 is 0 Å². The second-order valence-electron chi connectivity index (χ2n) is 7.39. The molecule has 0 saturated carbocycles. The van der Waals surface area contributed by atoms with Crippen LogP contribution in [-0.2, 0) is 0 Å². The Kier molecular flexibility index (Phi) is 5.18. The molecule has 0 saturated heterocycles. The maximum absolute atomic E-state index is 5.45. The second-order valence-corrected chi connectivity index (χ2v) is 7.39. The molecule has 29 heavy (non-hydrogen) atoms. The zero-order valence-corrected chi connectivity index (χ0v) is 17.1. The number of aromatic amines is 1. The summed E-state index contributed by atoms with van der Waals surface area (Å²) in [6, 6.07) is 11.8. The van der Waals surface area contributed by atoms with Crippen LogP contribution in [0.2, 0.25) is 0 Å². The van der Waals surface area contributed by atoms with E-state index in [1.54, 1.807) is 6.26 Å². The fraction of sp³-hybridized carbons (Fsp3) is 0.286. The second kappa shape index (κ2) is 7.92. The van der Waals surface area contributed by atoms with E-state index in [0.29, 0.717) is 11.6 Å². The number of hydrogen-bond acceptors (Lipinski definition) is 7. The van der Waals surface area contributed by atoms with Gasteiger partial charge in [0.1, 0.15) is 17.2 Å². The van der Waals surface area contributed by atoms with Crippen LogP contribution in [0.5, 0.6) is 0 Å². The first kappa shape index (κ1) is 18.9. The number of furan rings is 1. The van der Waals surface area contributed by atoms with Crippen molar-refractivity contribution in [1.82, 2.24) is 25.1 Å². The van der Waals surface area contributed by atoms with Crippen LogP contribution in [0.3, 0.4) is 0 Å². The first-order valence-corrected chi connectivity index (χ1v) is 9.49. The molecule has 2 N–H and O–H groups in total. The third-order valence-electron chi connectivity index (χ3n) is 4.66. The topological polar surface area (TPSA) is 86.1 Å². The van der Waals surface area contributed by atoms with Gasteiger partial charge in [0.05, 0.1) is 6.26 Å². The Hall–Kier alpha value is -3.39. The summed E-state index contributed by atoms with van der Waals surface area (Å²) in [6.45, 7) is 3.74. The molecular weight excluding hydrogens is 366 g/mol. The van der Waals surface area contributed by atoms with Crippen LogP contribution in [0.15, 0.2) is 47.1 Å². The molecule has 0 spiro atoms. The van der Waals surface area contributed by atoms with Gasteiger partial charge in [0, 0.05) is 48.9 Å². The number of anilines is 3. The van der Waals surface area contributed by atoms with Gasteiger partial charge in [-0.2, -0.15) is 5.10 Å². The van der Waals surface area contributed by atoms with Crippen molar-refractivity contribution in [3.05, 3.63) is 48.4 Å². The minimum Gasteiger partial charge on any atom is -0.464 e. The molecule has 1 aromatic carbocycles. The number of rotatable bonds is 7. The SMILES string of the molecule is Cc1cc(Nc2cc(N(C)CCN(C)C)nc(-c3ccc4occc4c3)n2)n[nH]1. The summed E-state index contributed by atoms with van der Waals surface area (Å²) in [6.07, 6.45) is 1.69. The molecule has 0 fully saturated rings. The van der Waals surface area contributed by atoms with Crippen LogP contribution in [0, 0.1) is 6.92 Å².